The fourth-order valence-corrected chi connectivity index (χ4v) is 5.15. The van der Waals surface area contributed by atoms with E-state index in [1.54, 1.807) is 12.1 Å². The summed E-state index contributed by atoms with van der Waals surface area (Å²) >= 11 is 0. The van der Waals surface area contributed by atoms with Crippen molar-refractivity contribution in [1.29, 1.82) is 0 Å². The Kier molecular flexibility index (Phi) is 3.40. The van der Waals surface area contributed by atoms with Crippen LogP contribution in [0.1, 0.15) is 36.0 Å². The second kappa shape index (κ2) is 5.41. The standard InChI is InChI=1S/C18H20O4/c19-10-21-16-14-9-15(13-8-4-7-12(13)14)17(16)22-18(20)11-5-2-1-3-6-11/h1-3,5-6,10,12-17H,4,7-9H2. The maximum atomic E-state index is 12.4. The van der Waals surface area contributed by atoms with Crippen molar-refractivity contribution in [2.75, 3.05) is 0 Å². The molecule has 0 saturated heterocycles. The Morgan fingerprint density at radius 1 is 1.00 bits per heavy atom. The summed E-state index contributed by atoms with van der Waals surface area (Å²) in [5.41, 5.74) is 0.554. The summed E-state index contributed by atoms with van der Waals surface area (Å²) in [6.45, 7) is 0.513. The van der Waals surface area contributed by atoms with Crippen LogP contribution in [0, 0.1) is 23.7 Å². The molecule has 0 spiro atoms. The fraction of sp³-hybridized carbons (Fsp3) is 0.556. The van der Waals surface area contributed by atoms with Gasteiger partial charge in [-0.3, -0.25) is 4.79 Å². The van der Waals surface area contributed by atoms with E-state index >= 15 is 0 Å². The third kappa shape index (κ3) is 2.04. The molecule has 4 nitrogen and oxygen atoms in total. The molecular formula is C18H20O4. The van der Waals surface area contributed by atoms with Crippen molar-refractivity contribution in [1.82, 2.24) is 0 Å². The monoisotopic (exact) mass is 300 g/mol. The van der Waals surface area contributed by atoms with Crippen LogP contribution in [-0.4, -0.2) is 24.6 Å². The van der Waals surface area contributed by atoms with E-state index in [9.17, 15) is 9.59 Å². The van der Waals surface area contributed by atoms with Gasteiger partial charge in [0.2, 0.25) is 0 Å². The molecule has 6 unspecified atom stereocenters. The molecule has 1 aromatic rings. The predicted molar refractivity (Wildman–Crippen MR) is 79.0 cm³/mol. The minimum atomic E-state index is -0.313. The molecule has 3 aliphatic rings. The number of hydrogen-bond donors (Lipinski definition) is 0. The molecule has 0 N–H and O–H groups in total. The topological polar surface area (TPSA) is 52.6 Å². The van der Waals surface area contributed by atoms with Gasteiger partial charge in [0.25, 0.3) is 6.47 Å². The Hall–Kier alpha value is -1.84. The number of rotatable bonds is 4. The maximum Gasteiger partial charge on any atom is 0.338 e. The lowest BCUT2D eigenvalue weighted by atomic mass is 9.78. The molecule has 3 saturated carbocycles. The molecule has 0 aliphatic heterocycles. The zero-order valence-electron chi connectivity index (χ0n) is 12.4. The van der Waals surface area contributed by atoms with Gasteiger partial charge in [-0.15, -0.1) is 0 Å². The van der Waals surface area contributed by atoms with E-state index < -0.39 is 0 Å². The maximum absolute atomic E-state index is 12.4. The molecule has 4 heteroatoms. The lowest BCUT2D eigenvalue weighted by molar-refractivity contribution is -0.147. The van der Waals surface area contributed by atoms with Gasteiger partial charge < -0.3 is 9.47 Å². The Morgan fingerprint density at radius 3 is 2.36 bits per heavy atom. The van der Waals surface area contributed by atoms with Crippen molar-refractivity contribution in [2.24, 2.45) is 23.7 Å². The quantitative estimate of drug-likeness (QED) is 0.634. The summed E-state index contributed by atoms with van der Waals surface area (Å²) in [4.78, 5) is 23.2. The third-order valence-corrected chi connectivity index (χ3v) is 5.90. The molecule has 0 amide bonds. The minimum Gasteiger partial charge on any atom is -0.460 e. The highest BCUT2D eigenvalue weighted by Crippen LogP contribution is 2.60. The van der Waals surface area contributed by atoms with Crippen LogP contribution in [0.25, 0.3) is 0 Å². The summed E-state index contributed by atoms with van der Waals surface area (Å²) < 4.78 is 11.1. The smallest absolute Gasteiger partial charge is 0.338 e. The molecule has 0 heterocycles. The fourth-order valence-electron chi connectivity index (χ4n) is 5.15. The van der Waals surface area contributed by atoms with E-state index in [0.717, 1.165) is 6.42 Å². The summed E-state index contributed by atoms with van der Waals surface area (Å²) in [6.07, 6.45) is 4.19. The number of fused-ring (bicyclic) bond motifs is 5. The molecule has 3 fully saturated rings. The second-order valence-electron chi connectivity index (χ2n) is 6.75. The van der Waals surface area contributed by atoms with Crippen LogP contribution in [0.2, 0.25) is 0 Å². The number of benzene rings is 1. The molecule has 0 aromatic heterocycles. The second-order valence-corrected chi connectivity index (χ2v) is 6.75. The molecule has 1 aromatic carbocycles. The van der Waals surface area contributed by atoms with Gasteiger partial charge in [-0.05, 0) is 43.2 Å². The number of carbonyl (C=O) groups excluding carboxylic acids is 2. The summed E-state index contributed by atoms with van der Waals surface area (Å²) in [7, 11) is 0. The van der Waals surface area contributed by atoms with Gasteiger partial charge in [-0.1, -0.05) is 24.6 Å². The van der Waals surface area contributed by atoms with E-state index in [0.29, 0.717) is 35.7 Å². The Morgan fingerprint density at radius 2 is 1.68 bits per heavy atom. The minimum absolute atomic E-state index is 0.255. The largest absolute Gasteiger partial charge is 0.460 e. The average molecular weight is 300 g/mol. The van der Waals surface area contributed by atoms with Crippen LogP contribution < -0.4 is 0 Å². The van der Waals surface area contributed by atoms with Gasteiger partial charge in [-0.2, -0.15) is 0 Å². The summed E-state index contributed by atoms with van der Waals surface area (Å²) in [5, 5.41) is 0. The van der Waals surface area contributed by atoms with Crippen LogP contribution in [0.5, 0.6) is 0 Å². The molecule has 4 rings (SSSR count). The highest BCUT2D eigenvalue weighted by molar-refractivity contribution is 5.89. The highest BCUT2D eigenvalue weighted by Gasteiger charge is 2.61. The number of ether oxygens (including phenoxy) is 2. The van der Waals surface area contributed by atoms with E-state index in [1.807, 2.05) is 18.2 Å². The Labute approximate surface area is 129 Å². The van der Waals surface area contributed by atoms with Crippen LogP contribution >= 0.6 is 0 Å². The molecular weight excluding hydrogens is 280 g/mol. The SMILES string of the molecule is O=COC1C2CC(C3CCCC32)C1OC(=O)c1ccccc1. The van der Waals surface area contributed by atoms with E-state index in [4.69, 9.17) is 9.47 Å². The molecule has 0 radical (unpaired) electrons. The van der Waals surface area contributed by atoms with Crippen molar-refractivity contribution >= 4 is 12.4 Å². The zero-order valence-corrected chi connectivity index (χ0v) is 12.4. The first kappa shape index (κ1) is 13.8. The summed E-state index contributed by atoms with van der Waals surface area (Å²) in [6, 6.07) is 9.02. The van der Waals surface area contributed by atoms with Gasteiger partial charge in [0.15, 0.2) is 0 Å². The zero-order chi connectivity index (χ0) is 15.1. The lowest BCUT2D eigenvalue weighted by Crippen LogP contribution is -2.44. The van der Waals surface area contributed by atoms with E-state index in [2.05, 4.69) is 0 Å². The molecule has 6 atom stereocenters. The molecule has 116 valence electrons. The summed E-state index contributed by atoms with van der Waals surface area (Å²) in [5.74, 6) is 1.71. The van der Waals surface area contributed by atoms with Crippen LogP contribution in [0.4, 0.5) is 0 Å². The first-order chi connectivity index (χ1) is 10.8. The van der Waals surface area contributed by atoms with Crippen molar-refractivity contribution in [2.45, 2.75) is 37.9 Å². The molecule has 3 aliphatic carbocycles. The predicted octanol–water partition coefficient (Wildman–Crippen LogP) is 2.82. The Balaban J connectivity index is 1.55. The molecule has 2 bridgehead atoms. The van der Waals surface area contributed by atoms with Crippen molar-refractivity contribution in [3.05, 3.63) is 35.9 Å². The van der Waals surface area contributed by atoms with Crippen LogP contribution in [0.3, 0.4) is 0 Å². The third-order valence-electron chi connectivity index (χ3n) is 5.90. The number of hydrogen-bond acceptors (Lipinski definition) is 4. The number of carbonyl (C=O) groups is 2. The lowest BCUT2D eigenvalue weighted by Gasteiger charge is -2.36. The Bertz CT molecular complexity index is 570. The van der Waals surface area contributed by atoms with Crippen molar-refractivity contribution in [3.8, 4) is 0 Å². The van der Waals surface area contributed by atoms with E-state index in [-0.39, 0.29) is 18.2 Å². The van der Waals surface area contributed by atoms with Crippen molar-refractivity contribution in [3.63, 3.8) is 0 Å². The first-order valence-electron chi connectivity index (χ1n) is 8.14. The van der Waals surface area contributed by atoms with Gasteiger partial charge in [0, 0.05) is 11.8 Å². The van der Waals surface area contributed by atoms with Crippen LogP contribution in [0.15, 0.2) is 30.3 Å². The highest BCUT2D eigenvalue weighted by atomic mass is 16.6. The van der Waals surface area contributed by atoms with Gasteiger partial charge in [0.05, 0.1) is 5.56 Å². The van der Waals surface area contributed by atoms with E-state index in [1.165, 1.54) is 19.3 Å². The average Bonchev–Trinajstić information content (AvgIpc) is 3.21. The number of esters is 1. The van der Waals surface area contributed by atoms with Gasteiger partial charge in [0.1, 0.15) is 12.2 Å². The van der Waals surface area contributed by atoms with Crippen molar-refractivity contribution < 1.29 is 19.1 Å². The van der Waals surface area contributed by atoms with Crippen LogP contribution in [-0.2, 0) is 14.3 Å². The first-order valence-corrected chi connectivity index (χ1v) is 8.14. The van der Waals surface area contributed by atoms with Gasteiger partial charge in [-0.25, -0.2) is 4.79 Å². The van der Waals surface area contributed by atoms with Gasteiger partial charge >= 0.3 is 5.97 Å². The normalized spacial score (nSPS) is 38.5. The molecule has 22 heavy (non-hydrogen) atoms.